The third-order valence-electron chi connectivity index (χ3n) is 0.744. The quantitative estimate of drug-likeness (QED) is 0.688. The molecule has 0 fully saturated rings. The molecule has 0 heterocycles. The molecule has 0 atom stereocenters. The molecule has 0 radical (unpaired) electrons. The smallest absolute Gasteiger partial charge is 0.303 e. The van der Waals surface area contributed by atoms with Crippen molar-refractivity contribution in [1.82, 2.24) is 11.1 Å². The van der Waals surface area contributed by atoms with Crippen LogP contribution < -0.4 is 6.15 Å². The molecule has 0 saturated carbocycles. The molecule has 76 valence electrons. The largest absolute Gasteiger partial charge is 0.481 e. The lowest BCUT2D eigenvalue weighted by Gasteiger charge is -1.90. The van der Waals surface area contributed by atoms with Crippen molar-refractivity contribution in [2.45, 2.75) is 26.2 Å². The van der Waals surface area contributed by atoms with Crippen molar-refractivity contribution in [2.75, 3.05) is 21.1 Å². The molecule has 0 aromatic heterocycles. The van der Waals surface area contributed by atoms with Gasteiger partial charge in [-0.2, -0.15) is 0 Å². The summed E-state index contributed by atoms with van der Waals surface area (Å²) < 4.78 is 0. The van der Waals surface area contributed by atoms with Gasteiger partial charge >= 0.3 is 5.97 Å². The van der Waals surface area contributed by atoms with Gasteiger partial charge in [-0.1, -0.05) is 13.3 Å². The Morgan fingerprint density at radius 2 is 1.67 bits per heavy atom. The van der Waals surface area contributed by atoms with E-state index in [4.69, 9.17) is 5.11 Å². The van der Waals surface area contributed by atoms with E-state index in [1.807, 2.05) is 33.0 Å². The number of carboxylic acid groups (broad SMARTS) is 1. The Hall–Kier alpha value is -0.610. The number of carboxylic acids is 1. The fourth-order valence-corrected chi connectivity index (χ4v) is 0.328. The van der Waals surface area contributed by atoms with Crippen molar-refractivity contribution in [1.29, 1.82) is 0 Å². The van der Waals surface area contributed by atoms with Crippen LogP contribution in [0.5, 0.6) is 0 Å². The normalized spacial score (nSPS) is 8.08. The molecule has 0 aromatic rings. The third-order valence-corrected chi connectivity index (χ3v) is 0.744. The Morgan fingerprint density at radius 3 is 1.75 bits per heavy atom. The van der Waals surface area contributed by atoms with Gasteiger partial charge in [0.15, 0.2) is 0 Å². The van der Waals surface area contributed by atoms with Crippen LogP contribution in [0.3, 0.4) is 0 Å². The van der Waals surface area contributed by atoms with E-state index >= 15 is 0 Å². The fraction of sp³-hybridized carbons (Fsp3) is 0.875. The summed E-state index contributed by atoms with van der Waals surface area (Å²) >= 11 is 0. The molecule has 0 unspecified atom stereocenters. The summed E-state index contributed by atoms with van der Waals surface area (Å²) in [5.41, 5.74) is 0. The van der Waals surface area contributed by atoms with Crippen molar-refractivity contribution < 1.29 is 9.90 Å². The average Bonchev–Trinajstić information content (AvgIpc) is 1.82. The second-order valence-electron chi connectivity index (χ2n) is 2.84. The van der Waals surface area contributed by atoms with Gasteiger partial charge in [-0.25, -0.2) is 0 Å². The molecule has 0 aliphatic rings. The van der Waals surface area contributed by atoms with Crippen LogP contribution in [0.15, 0.2) is 0 Å². The Balaban J connectivity index is -0.000000142. The molecule has 0 rings (SSSR count). The van der Waals surface area contributed by atoms with Gasteiger partial charge in [-0.15, -0.1) is 0 Å². The van der Waals surface area contributed by atoms with Crippen LogP contribution >= 0.6 is 0 Å². The van der Waals surface area contributed by atoms with Crippen molar-refractivity contribution in [3.8, 4) is 0 Å². The lowest BCUT2D eigenvalue weighted by molar-refractivity contribution is -0.137. The zero-order valence-corrected chi connectivity index (χ0v) is 8.63. The highest BCUT2D eigenvalue weighted by atomic mass is 16.4. The molecular weight excluding hydrogens is 156 g/mol. The number of nitrogens with zero attached hydrogens (tertiary/aromatic N) is 1. The minimum Gasteiger partial charge on any atom is -0.481 e. The van der Waals surface area contributed by atoms with Crippen molar-refractivity contribution >= 4 is 5.97 Å². The highest BCUT2D eigenvalue weighted by molar-refractivity contribution is 5.66. The number of hydrogen-bond donors (Lipinski definition) is 2. The summed E-state index contributed by atoms with van der Waals surface area (Å²) in [7, 11) is 6.00. The van der Waals surface area contributed by atoms with E-state index in [1.165, 1.54) is 0 Å². The monoisotopic (exact) mass is 178 g/mol. The molecule has 0 aliphatic carbocycles. The fourth-order valence-electron chi connectivity index (χ4n) is 0.328. The molecule has 4 heteroatoms. The lowest BCUT2D eigenvalue weighted by Crippen LogP contribution is -1.99. The van der Waals surface area contributed by atoms with Gasteiger partial charge in [-0.05, 0) is 27.6 Å². The summed E-state index contributed by atoms with van der Waals surface area (Å²) in [4.78, 5) is 11.8. The molecule has 12 heavy (non-hydrogen) atoms. The summed E-state index contributed by atoms with van der Waals surface area (Å²) in [5, 5.41) is 8.04. The summed E-state index contributed by atoms with van der Waals surface area (Å²) in [6.07, 6.45) is 2.08. The zero-order valence-electron chi connectivity index (χ0n) is 8.63. The van der Waals surface area contributed by atoms with Crippen LogP contribution in [0.1, 0.15) is 26.2 Å². The van der Waals surface area contributed by atoms with E-state index in [-0.39, 0.29) is 6.15 Å². The minimum atomic E-state index is -0.693. The van der Waals surface area contributed by atoms with Gasteiger partial charge < -0.3 is 16.2 Å². The first-order valence-electron chi connectivity index (χ1n) is 3.83. The van der Waals surface area contributed by atoms with Crippen LogP contribution in [0, 0.1) is 0 Å². The first kappa shape index (κ1) is 17.5. The van der Waals surface area contributed by atoms with Gasteiger partial charge in [0.2, 0.25) is 0 Å². The Morgan fingerprint density at radius 1 is 1.33 bits per heavy atom. The third kappa shape index (κ3) is 57.5. The summed E-state index contributed by atoms with van der Waals surface area (Å²) in [5.74, 6) is -0.693. The molecule has 4 N–H and O–H groups in total. The number of carbonyl (C=O) groups is 1. The van der Waals surface area contributed by atoms with Crippen molar-refractivity contribution in [3.63, 3.8) is 0 Å². The SMILES string of the molecule is CCCCC(=O)O.CN(C)C.N. The number of unbranched alkanes of at least 4 members (excludes halogenated alkanes) is 1. The highest BCUT2D eigenvalue weighted by Gasteiger charge is 1.90. The van der Waals surface area contributed by atoms with Crippen LogP contribution in [0.2, 0.25) is 0 Å². The molecule has 4 nitrogen and oxygen atoms in total. The standard InChI is InChI=1S/C5H10O2.C3H9N.H3N/c1-2-3-4-5(6)7;1-4(2)3;/h2-4H2,1H3,(H,6,7);1-3H3;1H3. The Labute approximate surface area is 75.2 Å². The maximum atomic E-state index is 9.76. The molecule has 0 bridgehead atoms. The second-order valence-corrected chi connectivity index (χ2v) is 2.84. The topological polar surface area (TPSA) is 75.5 Å². The predicted molar refractivity (Wildman–Crippen MR) is 51.8 cm³/mol. The maximum absolute atomic E-state index is 9.76. The van der Waals surface area contributed by atoms with E-state index in [0.29, 0.717) is 6.42 Å². The van der Waals surface area contributed by atoms with E-state index in [1.54, 1.807) is 0 Å². The van der Waals surface area contributed by atoms with Gasteiger partial charge in [-0.3, -0.25) is 4.79 Å². The van der Waals surface area contributed by atoms with Crippen LogP contribution in [-0.2, 0) is 4.79 Å². The van der Waals surface area contributed by atoms with E-state index in [9.17, 15) is 4.79 Å². The van der Waals surface area contributed by atoms with Gasteiger partial charge in [0.1, 0.15) is 0 Å². The number of rotatable bonds is 3. The van der Waals surface area contributed by atoms with E-state index < -0.39 is 5.97 Å². The zero-order chi connectivity index (χ0) is 9.28. The first-order chi connectivity index (χ1) is 5.00. The molecule has 0 aliphatic heterocycles. The van der Waals surface area contributed by atoms with E-state index in [0.717, 1.165) is 12.8 Å². The van der Waals surface area contributed by atoms with E-state index in [2.05, 4.69) is 0 Å². The lowest BCUT2D eigenvalue weighted by atomic mass is 10.3. The first-order valence-corrected chi connectivity index (χ1v) is 3.83. The van der Waals surface area contributed by atoms with Gasteiger partial charge in [0.25, 0.3) is 0 Å². The van der Waals surface area contributed by atoms with Gasteiger partial charge in [0.05, 0.1) is 0 Å². The molecule has 0 amide bonds. The van der Waals surface area contributed by atoms with Crippen molar-refractivity contribution in [2.24, 2.45) is 0 Å². The highest BCUT2D eigenvalue weighted by Crippen LogP contribution is 1.91. The molecule has 0 spiro atoms. The van der Waals surface area contributed by atoms with Crippen LogP contribution in [-0.4, -0.2) is 37.1 Å². The van der Waals surface area contributed by atoms with Gasteiger partial charge in [0, 0.05) is 6.42 Å². The van der Waals surface area contributed by atoms with Crippen molar-refractivity contribution in [3.05, 3.63) is 0 Å². The van der Waals surface area contributed by atoms with Crippen LogP contribution in [0.25, 0.3) is 0 Å². The molecule has 0 saturated heterocycles. The Bertz CT molecular complexity index is 92.3. The molecular formula is C8H22N2O2. The Kier molecular flexibility index (Phi) is 18.9. The average molecular weight is 178 g/mol. The summed E-state index contributed by atoms with van der Waals surface area (Å²) in [6.45, 7) is 1.98. The second kappa shape index (κ2) is 13.0. The minimum absolute atomic E-state index is 0. The number of hydrogen-bond acceptors (Lipinski definition) is 3. The molecule has 0 aromatic carbocycles. The van der Waals surface area contributed by atoms with Crippen LogP contribution in [0.4, 0.5) is 0 Å². The summed E-state index contributed by atoms with van der Waals surface area (Å²) in [6, 6.07) is 0. The number of aliphatic carboxylic acids is 1. The predicted octanol–water partition coefficient (Wildman–Crippen LogP) is 1.60. The maximum Gasteiger partial charge on any atom is 0.303 e.